The van der Waals surface area contributed by atoms with Crippen molar-refractivity contribution in [2.45, 2.75) is 4.90 Å². The maximum absolute atomic E-state index is 13.2. The number of anilines is 1. The number of benzene rings is 1. The smallest absolute Gasteiger partial charge is 0.338 e. The first-order valence-electron chi connectivity index (χ1n) is 5.34. The molecule has 0 spiro atoms. The highest BCUT2D eigenvalue weighted by atomic mass is 32.2. The van der Waals surface area contributed by atoms with Crippen LogP contribution in [-0.4, -0.2) is 29.3 Å². The maximum atomic E-state index is 13.2. The van der Waals surface area contributed by atoms with Crippen LogP contribution < -0.4 is 4.72 Å². The summed E-state index contributed by atoms with van der Waals surface area (Å²) in [6, 6.07) is 2.92. The van der Waals surface area contributed by atoms with Crippen molar-refractivity contribution < 1.29 is 22.7 Å². The molecule has 0 saturated carbocycles. The predicted molar refractivity (Wildman–Crippen MR) is 67.4 cm³/mol. The molecule has 20 heavy (non-hydrogen) atoms. The molecule has 0 fully saturated rings. The third kappa shape index (κ3) is 2.77. The van der Waals surface area contributed by atoms with Gasteiger partial charge in [0.05, 0.1) is 11.8 Å². The van der Waals surface area contributed by atoms with Gasteiger partial charge in [-0.3, -0.25) is 9.40 Å². The lowest BCUT2D eigenvalue weighted by atomic mass is 10.2. The molecule has 0 atom stereocenters. The molecule has 0 bridgehead atoms. The summed E-state index contributed by atoms with van der Waals surface area (Å²) in [5.74, 6) is -2.42. The van der Waals surface area contributed by atoms with Crippen LogP contribution in [0.2, 0.25) is 0 Å². The number of carboxylic acids is 1. The highest BCUT2D eigenvalue weighted by Crippen LogP contribution is 2.18. The zero-order chi connectivity index (χ0) is 14.9. The molecule has 0 unspecified atom stereocenters. The first-order valence-corrected chi connectivity index (χ1v) is 6.82. The molecule has 0 amide bonds. The van der Waals surface area contributed by atoms with Crippen molar-refractivity contribution in [1.29, 1.82) is 0 Å². The first-order chi connectivity index (χ1) is 9.29. The summed E-state index contributed by atoms with van der Waals surface area (Å²) in [6.07, 6.45) is 2.42. The van der Waals surface area contributed by atoms with Crippen LogP contribution in [0.15, 0.2) is 35.5 Å². The number of carboxylic acid groups (broad SMARTS) is 1. The molecule has 2 N–H and O–H groups in total. The molecule has 0 saturated heterocycles. The van der Waals surface area contributed by atoms with Gasteiger partial charge in [0.25, 0.3) is 10.0 Å². The van der Waals surface area contributed by atoms with Gasteiger partial charge < -0.3 is 5.11 Å². The minimum Gasteiger partial charge on any atom is -0.478 e. The minimum absolute atomic E-state index is 0.0485. The van der Waals surface area contributed by atoms with Gasteiger partial charge in [-0.1, -0.05) is 0 Å². The molecule has 0 aliphatic heterocycles. The summed E-state index contributed by atoms with van der Waals surface area (Å²) >= 11 is 0. The topological polar surface area (TPSA) is 101 Å². The summed E-state index contributed by atoms with van der Waals surface area (Å²) < 4.78 is 40.6. The van der Waals surface area contributed by atoms with E-state index in [0.717, 1.165) is 24.4 Å². The van der Waals surface area contributed by atoms with E-state index >= 15 is 0 Å². The number of rotatable bonds is 4. The molecule has 9 heteroatoms. The Morgan fingerprint density at radius 3 is 2.70 bits per heavy atom. The zero-order valence-corrected chi connectivity index (χ0v) is 11.1. The largest absolute Gasteiger partial charge is 0.478 e. The van der Waals surface area contributed by atoms with Crippen LogP contribution >= 0.6 is 0 Å². The maximum Gasteiger partial charge on any atom is 0.338 e. The fourth-order valence-corrected chi connectivity index (χ4v) is 2.54. The molecule has 1 aromatic carbocycles. The van der Waals surface area contributed by atoms with Gasteiger partial charge in [-0.15, -0.1) is 0 Å². The molecule has 7 nitrogen and oxygen atoms in total. The van der Waals surface area contributed by atoms with E-state index in [4.69, 9.17) is 5.11 Å². The summed E-state index contributed by atoms with van der Waals surface area (Å²) in [5, 5.41) is 12.5. The third-order valence-electron chi connectivity index (χ3n) is 2.44. The lowest BCUT2D eigenvalue weighted by molar-refractivity contribution is 0.0692. The average molecular weight is 299 g/mol. The molecule has 106 valence electrons. The van der Waals surface area contributed by atoms with Crippen molar-refractivity contribution in [3.05, 3.63) is 42.0 Å². The van der Waals surface area contributed by atoms with Gasteiger partial charge in [0, 0.05) is 18.9 Å². The number of hydrogen-bond acceptors (Lipinski definition) is 4. The van der Waals surface area contributed by atoms with Gasteiger partial charge in [0.15, 0.2) is 0 Å². The number of aryl methyl sites for hydroxylation is 1. The quantitative estimate of drug-likeness (QED) is 0.879. The van der Waals surface area contributed by atoms with Crippen LogP contribution in [0.3, 0.4) is 0 Å². The van der Waals surface area contributed by atoms with E-state index in [1.54, 1.807) is 7.05 Å². The van der Waals surface area contributed by atoms with Crippen molar-refractivity contribution in [2.24, 2.45) is 7.05 Å². The Bertz CT molecular complexity index is 770. The number of sulfonamides is 1. The Balaban J connectivity index is 2.35. The first kappa shape index (κ1) is 14.0. The lowest BCUT2D eigenvalue weighted by Gasteiger charge is -2.07. The fraction of sp³-hybridized carbons (Fsp3) is 0.0909. The highest BCUT2D eigenvalue weighted by molar-refractivity contribution is 7.92. The van der Waals surface area contributed by atoms with Gasteiger partial charge in [-0.2, -0.15) is 5.10 Å². The summed E-state index contributed by atoms with van der Waals surface area (Å²) in [5.41, 5.74) is -0.663. The number of nitrogens with zero attached hydrogens (tertiary/aromatic N) is 2. The van der Waals surface area contributed by atoms with Crippen LogP contribution in [0.1, 0.15) is 10.4 Å². The molecule has 0 aliphatic rings. The lowest BCUT2D eigenvalue weighted by Crippen LogP contribution is -2.13. The molecular weight excluding hydrogens is 289 g/mol. The predicted octanol–water partition coefficient (Wildman–Crippen LogP) is 1.06. The van der Waals surface area contributed by atoms with Crippen LogP contribution in [0.5, 0.6) is 0 Å². The van der Waals surface area contributed by atoms with E-state index in [2.05, 4.69) is 9.82 Å². The summed E-state index contributed by atoms with van der Waals surface area (Å²) in [7, 11) is -2.34. The van der Waals surface area contributed by atoms with E-state index in [-0.39, 0.29) is 10.6 Å². The molecule has 2 aromatic rings. The molecule has 1 heterocycles. The standard InChI is InChI=1S/C11H10FN3O4S/c1-15-6-8(5-13-15)20(18,19)14-7-2-3-10(12)9(4-7)11(16)17/h2-6,14H,1H3,(H,16,17). The third-order valence-corrected chi connectivity index (χ3v) is 3.78. The van der Waals surface area contributed by atoms with Crippen molar-refractivity contribution in [3.8, 4) is 0 Å². The molecule has 0 aliphatic carbocycles. The molecule has 1 aromatic heterocycles. The Hall–Kier alpha value is -2.42. The second kappa shape index (κ2) is 4.93. The number of aromatic carboxylic acids is 1. The van der Waals surface area contributed by atoms with Crippen LogP contribution in [0.4, 0.5) is 10.1 Å². The minimum atomic E-state index is -3.90. The van der Waals surface area contributed by atoms with E-state index in [9.17, 15) is 17.6 Å². The Kier molecular flexibility index (Phi) is 3.45. The summed E-state index contributed by atoms with van der Waals surface area (Å²) in [6.45, 7) is 0. The van der Waals surface area contributed by atoms with E-state index in [1.807, 2.05) is 0 Å². The van der Waals surface area contributed by atoms with Gasteiger partial charge in [0.2, 0.25) is 0 Å². The van der Waals surface area contributed by atoms with Gasteiger partial charge in [-0.25, -0.2) is 17.6 Å². The van der Waals surface area contributed by atoms with Crippen LogP contribution in [0, 0.1) is 5.82 Å². The Morgan fingerprint density at radius 1 is 1.45 bits per heavy atom. The van der Waals surface area contributed by atoms with Crippen molar-refractivity contribution in [3.63, 3.8) is 0 Å². The van der Waals surface area contributed by atoms with E-state index in [0.29, 0.717) is 0 Å². The van der Waals surface area contributed by atoms with Gasteiger partial charge in [-0.05, 0) is 18.2 Å². The number of aromatic nitrogens is 2. The van der Waals surface area contributed by atoms with E-state index in [1.165, 1.54) is 10.9 Å². The number of halogens is 1. The molecule has 0 radical (unpaired) electrons. The van der Waals surface area contributed by atoms with Crippen molar-refractivity contribution >= 4 is 21.7 Å². The number of hydrogen-bond donors (Lipinski definition) is 2. The second-order valence-electron chi connectivity index (χ2n) is 3.95. The second-order valence-corrected chi connectivity index (χ2v) is 5.64. The molecular formula is C11H10FN3O4S. The van der Waals surface area contributed by atoms with Crippen LogP contribution in [-0.2, 0) is 17.1 Å². The van der Waals surface area contributed by atoms with Gasteiger partial charge in [0.1, 0.15) is 10.7 Å². The average Bonchev–Trinajstić information content (AvgIpc) is 2.78. The SMILES string of the molecule is Cn1cc(S(=O)(=O)Nc2ccc(F)c(C(=O)O)c2)cn1. The Labute approximate surface area is 113 Å². The van der Waals surface area contributed by atoms with Gasteiger partial charge >= 0.3 is 5.97 Å². The van der Waals surface area contributed by atoms with E-state index < -0.39 is 27.4 Å². The number of carbonyl (C=O) groups is 1. The highest BCUT2D eigenvalue weighted by Gasteiger charge is 2.18. The monoisotopic (exact) mass is 299 g/mol. The summed E-state index contributed by atoms with van der Waals surface area (Å²) in [4.78, 5) is 10.7. The van der Waals surface area contributed by atoms with Crippen LogP contribution in [0.25, 0.3) is 0 Å². The van der Waals surface area contributed by atoms with Crippen molar-refractivity contribution in [2.75, 3.05) is 4.72 Å². The zero-order valence-electron chi connectivity index (χ0n) is 10.2. The number of nitrogens with one attached hydrogen (secondary N) is 1. The molecule has 2 rings (SSSR count). The fourth-order valence-electron chi connectivity index (χ4n) is 1.50. The van der Waals surface area contributed by atoms with Crippen molar-refractivity contribution in [1.82, 2.24) is 9.78 Å². The normalized spacial score (nSPS) is 11.3. The Morgan fingerprint density at radius 2 is 2.15 bits per heavy atom.